The molecule has 4 N–H and O–H groups in total. The van der Waals surface area contributed by atoms with Gasteiger partial charge in [0.15, 0.2) is 0 Å². The second-order valence-corrected chi connectivity index (χ2v) is 4.08. The molecule has 0 aromatic carbocycles. The molecule has 0 saturated carbocycles. The van der Waals surface area contributed by atoms with Crippen LogP contribution in [0, 0.1) is 0 Å². The van der Waals surface area contributed by atoms with Gasteiger partial charge in [-0.1, -0.05) is 13.3 Å². The molecule has 0 radical (unpaired) electrons. The van der Waals surface area contributed by atoms with Gasteiger partial charge in [0, 0.05) is 19.1 Å². The summed E-state index contributed by atoms with van der Waals surface area (Å²) in [5.74, 6) is -0.329. The molecule has 1 aliphatic rings. The zero-order chi connectivity index (χ0) is 11.3. The second kappa shape index (κ2) is 6.05. The van der Waals surface area contributed by atoms with E-state index in [0.717, 1.165) is 25.9 Å². The predicted molar refractivity (Wildman–Crippen MR) is 58.3 cm³/mol. The van der Waals surface area contributed by atoms with E-state index in [0.29, 0.717) is 6.54 Å². The third-order valence-corrected chi connectivity index (χ3v) is 2.78. The summed E-state index contributed by atoms with van der Waals surface area (Å²) < 4.78 is 0. The summed E-state index contributed by atoms with van der Waals surface area (Å²) in [5, 5.41) is 12.8. The molecule has 1 rings (SSSR count). The summed E-state index contributed by atoms with van der Waals surface area (Å²) in [6.45, 7) is 4.50. The number of aliphatic hydroxyl groups excluding tert-OH is 1. The Hall–Kier alpha value is -0.650. The van der Waals surface area contributed by atoms with Crippen LogP contribution in [0.4, 0.5) is 0 Å². The van der Waals surface area contributed by atoms with Gasteiger partial charge in [0.05, 0.1) is 12.6 Å². The van der Waals surface area contributed by atoms with Crippen molar-refractivity contribution in [3.05, 3.63) is 0 Å². The van der Waals surface area contributed by atoms with E-state index in [1.165, 1.54) is 0 Å². The smallest absolute Gasteiger partial charge is 0.231 e. The fourth-order valence-corrected chi connectivity index (χ4v) is 1.95. The number of carbonyl (C=O) groups excluding carboxylic acids is 1. The normalized spacial score (nSPS) is 26.1. The molecule has 1 fully saturated rings. The number of amides is 1. The number of β-amino-alcohol motifs (C(OH)–C–C–N with tert-alkyl or cyclic N) is 1. The van der Waals surface area contributed by atoms with Crippen molar-refractivity contribution in [3.8, 4) is 0 Å². The molecule has 2 atom stereocenters. The van der Waals surface area contributed by atoms with Crippen molar-refractivity contribution in [1.82, 2.24) is 10.2 Å². The minimum absolute atomic E-state index is 0.0315. The molecule has 1 aliphatic heterocycles. The number of hydrogen-bond acceptors (Lipinski definition) is 4. The molecule has 1 heterocycles. The molecule has 0 bridgehead atoms. The fraction of sp³-hybridized carbons (Fsp3) is 0.900. The molecular weight excluding hydrogens is 194 g/mol. The average Bonchev–Trinajstić information content (AvgIpc) is 2.58. The van der Waals surface area contributed by atoms with Crippen LogP contribution in [0.15, 0.2) is 0 Å². The summed E-state index contributed by atoms with van der Waals surface area (Å²) in [6.07, 6.45) is 1.71. The number of nitrogens with two attached hydrogens (primary N) is 1. The number of nitrogens with zero attached hydrogens (tertiary/aromatic N) is 1. The Morgan fingerprint density at radius 3 is 2.80 bits per heavy atom. The predicted octanol–water partition coefficient (Wildman–Crippen LogP) is -1.09. The number of aliphatic hydroxyl groups is 1. The van der Waals surface area contributed by atoms with Crippen LogP contribution in [0.2, 0.25) is 0 Å². The zero-order valence-corrected chi connectivity index (χ0v) is 9.28. The first kappa shape index (κ1) is 12.4. The van der Waals surface area contributed by atoms with Crippen molar-refractivity contribution in [1.29, 1.82) is 0 Å². The molecule has 5 nitrogen and oxygen atoms in total. The van der Waals surface area contributed by atoms with Crippen LogP contribution in [0.3, 0.4) is 0 Å². The van der Waals surface area contributed by atoms with Crippen molar-refractivity contribution in [3.63, 3.8) is 0 Å². The maximum absolute atomic E-state index is 10.9. The van der Waals surface area contributed by atoms with E-state index in [9.17, 15) is 9.90 Å². The average molecular weight is 215 g/mol. The van der Waals surface area contributed by atoms with Crippen molar-refractivity contribution in [2.45, 2.75) is 31.9 Å². The molecule has 5 heteroatoms. The van der Waals surface area contributed by atoms with Gasteiger partial charge in [-0.15, -0.1) is 0 Å². The molecule has 0 aromatic rings. The van der Waals surface area contributed by atoms with E-state index in [4.69, 9.17) is 5.73 Å². The van der Waals surface area contributed by atoms with Crippen LogP contribution in [0.5, 0.6) is 0 Å². The SMILES string of the molecule is CCCCN(CC(N)=O)C1CNCC1O. The quantitative estimate of drug-likeness (QED) is 0.526. The highest BCUT2D eigenvalue weighted by molar-refractivity contribution is 5.76. The van der Waals surface area contributed by atoms with Crippen molar-refractivity contribution in [2.75, 3.05) is 26.2 Å². The lowest BCUT2D eigenvalue weighted by Gasteiger charge is -2.29. The Morgan fingerprint density at radius 1 is 1.60 bits per heavy atom. The summed E-state index contributed by atoms with van der Waals surface area (Å²) in [5.41, 5.74) is 5.20. The molecule has 88 valence electrons. The van der Waals surface area contributed by atoms with Crippen molar-refractivity contribution < 1.29 is 9.90 Å². The molecule has 1 saturated heterocycles. The van der Waals surface area contributed by atoms with Crippen molar-refractivity contribution >= 4 is 5.91 Å². The van der Waals surface area contributed by atoms with E-state index < -0.39 is 0 Å². The number of primary amides is 1. The van der Waals surface area contributed by atoms with E-state index in [1.807, 2.05) is 4.90 Å². The second-order valence-electron chi connectivity index (χ2n) is 4.08. The van der Waals surface area contributed by atoms with E-state index in [-0.39, 0.29) is 24.6 Å². The molecule has 1 amide bonds. The van der Waals surface area contributed by atoms with E-state index >= 15 is 0 Å². The molecule has 0 aromatic heterocycles. The highest BCUT2D eigenvalue weighted by Gasteiger charge is 2.30. The van der Waals surface area contributed by atoms with Gasteiger partial charge in [-0.2, -0.15) is 0 Å². The first-order valence-corrected chi connectivity index (χ1v) is 5.56. The van der Waals surface area contributed by atoms with Gasteiger partial charge in [0.2, 0.25) is 5.91 Å². The minimum atomic E-state index is -0.388. The number of rotatable bonds is 6. The topological polar surface area (TPSA) is 78.6 Å². The maximum atomic E-state index is 10.9. The van der Waals surface area contributed by atoms with Crippen LogP contribution in [0.1, 0.15) is 19.8 Å². The number of carbonyl (C=O) groups is 1. The standard InChI is InChI=1S/C10H21N3O2/c1-2-3-4-13(7-10(11)15)8-5-12-6-9(8)14/h8-9,12,14H,2-7H2,1H3,(H2,11,15). The lowest BCUT2D eigenvalue weighted by molar-refractivity contribution is -0.120. The fourth-order valence-electron chi connectivity index (χ4n) is 1.95. The van der Waals surface area contributed by atoms with Crippen LogP contribution < -0.4 is 11.1 Å². The van der Waals surface area contributed by atoms with Gasteiger partial charge in [-0.05, 0) is 13.0 Å². The number of unbranched alkanes of at least 4 members (excludes halogenated alkanes) is 1. The lowest BCUT2D eigenvalue weighted by Crippen LogP contribution is -2.47. The van der Waals surface area contributed by atoms with Gasteiger partial charge in [-0.3, -0.25) is 9.69 Å². The number of hydrogen-bond donors (Lipinski definition) is 3. The van der Waals surface area contributed by atoms with Crippen LogP contribution >= 0.6 is 0 Å². The third kappa shape index (κ3) is 3.77. The van der Waals surface area contributed by atoms with Gasteiger partial charge in [0.25, 0.3) is 0 Å². The summed E-state index contributed by atoms with van der Waals surface area (Å²) >= 11 is 0. The third-order valence-electron chi connectivity index (χ3n) is 2.78. The molecule has 0 aliphatic carbocycles. The molecular formula is C10H21N3O2. The van der Waals surface area contributed by atoms with Crippen LogP contribution in [0.25, 0.3) is 0 Å². The van der Waals surface area contributed by atoms with Crippen LogP contribution in [-0.4, -0.2) is 54.2 Å². The van der Waals surface area contributed by atoms with Crippen molar-refractivity contribution in [2.24, 2.45) is 5.73 Å². The van der Waals surface area contributed by atoms with Gasteiger partial charge in [0.1, 0.15) is 0 Å². The monoisotopic (exact) mass is 215 g/mol. The Labute approximate surface area is 90.6 Å². The van der Waals surface area contributed by atoms with Gasteiger partial charge in [-0.25, -0.2) is 0 Å². The highest BCUT2D eigenvalue weighted by Crippen LogP contribution is 2.10. The molecule has 2 unspecified atom stereocenters. The summed E-state index contributed by atoms with van der Waals surface area (Å²) in [4.78, 5) is 12.9. The first-order valence-electron chi connectivity index (χ1n) is 5.56. The van der Waals surface area contributed by atoms with E-state index in [1.54, 1.807) is 0 Å². The minimum Gasteiger partial charge on any atom is -0.390 e. The first-order chi connectivity index (χ1) is 7.15. The molecule has 0 spiro atoms. The Kier molecular flexibility index (Phi) is 5.01. The largest absolute Gasteiger partial charge is 0.390 e. The maximum Gasteiger partial charge on any atom is 0.231 e. The van der Waals surface area contributed by atoms with Gasteiger partial charge >= 0.3 is 0 Å². The number of nitrogens with one attached hydrogen (secondary N) is 1. The Balaban J connectivity index is 2.49. The Morgan fingerprint density at radius 2 is 2.33 bits per heavy atom. The summed E-state index contributed by atoms with van der Waals surface area (Å²) in [7, 11) is 0. The van der Waals surface area contributed by atoms with Gasteiger partial charge < -0.3 is 16.2 Å². The highest BCUT2D eigenvalue weighted by atomic mass is 16.3. The Bertz CT molecular complexity index is 211. The summed E-state index contributed by atoms with van der Waals surface area (Å²) in [6, 6.07) is 0.0315. The zero-order valence-electron chi connectivity index (χ0n) is 9.28. The lowest BCUT2D eigenvalue weighted by atomic mass is 10.1. The molecule has 15 heavy (non-hydrogen) atoms. The van der Waals surface area contributed by atoms with Crippen LogP contribution in [-0.2, 0) is 4.79 Å². The van der Waals surface area contributed by atoms with E-state index in [2.05, 4.69) is 12.2 Å².